The molecule has 2 N–H and O–H groups in total. The van der Waals surface area contributed by atoms with Gasteiger partial charge >= 0.3 is 0 Å². The number of aromatic amines is 2. The van der Waals surface area contributed by atoms with Crippen LogP contribution in [0, 0.1) is 6.92 Å². The molecular weight excluding hydrogens is 340 g/mol. The molecule has 0 aliphatic carbocycles. The fourth-order valence-electron chi connectivity index (χ4n) is 4.34. The van der Waals surface area contributed by atoms with Crippen LogP contribution in [0.5, 0.6) is 0 Å². The van der Waals surface area contributed by atoms with Crippen molar-refractivity contribution in [3.63, 3.8) is 0 Å². The van der Waals surface area contributed by atoms with Gasteiger partial charge in [-0.2, -0.15) is 5.10 Å². The summed E-state index contributed by atoms with van der Waals surface area (Å²) < 4.78 is 0. The highest BCUT2D eigenvalue weighted by Crippen LogP contribution is 2.33. The minimum Gasteiger partial charge on any atom is -0.340 e. The number of aromatic nitrogens is 4. The fourth-order valence-corrected chi connectivity index (χ4v) is 4.34. The number of nitrogens with one attached hydrogen (secondary N) is 2. The molecule has 1 fully saturated rings. The second-order valence-electron chi connectivity index (χ2n) is 7.82. The molecular formula is C20H24N6O. The standard InChI is InChI=1S/C20H24N6O/c1-12-5-6-15-16(10-12)22-19(21-15)17-4-3-8-26(17)20(27)18-13-11-25(2)9-7-14(13)23-24-18/h5-6,10,17H,3-4,7-9,11H2,1-2H3,(H,21,22)(H,23,24). The van der Waals surface area contributed by atoms with Crippen molar-refractivity contribution in [1.29, 1.82) is 0 Å². The van der Waals surface area contributed by atoms with Crippen LogP contribution in [0.25, 0.3) is 11.0 Å². The maximum absolute atomic E-state index is 13.3. The number of hydrogen-bond donors (Lipinski definition) is 2. The van der Waals surface area contributed by atoms with E-state index < -0.39 is 0 Å². The van der Waals surface area contributed by atoms with Crippen molar-refractivity contribution in [2.45, 2.75) is 38.8 Å². The van der Waals surface area contributed by atoms with Crippen LogP contribution in [0.3, 0.4) is 0 Å². The minimum absolute atomic E-state index is 0.0149. The molecule has 1 amide bonds. The van der Waals surface area contributed by atoms with Crippen LogP contribution in [0.1, 0.15) is 52.0 Å². The number of aryl methyl sites for hydroxylation is 1. The van der Waals surface area contributed by atoms with E-state index in [1.54, 1.807) is 0 Å². The molecule has 2 aliphatic heterocycles. The highest BCUT2D eigenvalue weighted by Gasteiger charge is 2.35. The van der Waals surface area contributed by atoms with Crippen molar-refractivity contribution in [3.05, 3.63) is 46.5 Å². The molecule has 3 aromatic rings. The van der Waals surface area contributed by atoms with E-state index in [2.05, 4.69) is 46.2 Å². The number of hydrogen-bond acceptors (Lipinski definition) is 4. The molecule has 4 heterocycles. The zero-order valence-electron chi connectivity index (χ0n) is 15.7. The first-order chi connectivity index (χ1) is 13.1. The van der Waals surface area contributed by atoms with Gasteiger partial charge in [-0.3, -0.25) is 9.89 Å². The second kappa shape index (κ2) is 6.20. The van der Waals surface area contributed by atoms with Gasteiger partial charge in [0.2, 0.25) is 0 Å². The molecule has 0 bridgehead atoms. The number of likely N-dealkylation sites (N-methyl/N-ethyl adjacent to an activating group) is 1. The predicted octanol–water partition coefficient (Wildman–Crippen LogP) is 2.56. The molecule has 1 saturated heterocycles. The molecule has 1 aromatic carbocycles. The third-order valence-electron chi connectivity index (χ3n) is 5.81. The van der Waals surface area contributed by atoms with E-state index in [1.807, 2.05) is 11.0 Å². The van der Waals surface area contributed by atoms with Crippen LogP contribution in [0.2, 0.25) is 0 Å². The predicted molar refractivity (Wildman–Crippen MR) is 102 cm³/mol. The Hall–Kier alpha value is -2.67. The van der Waals surface area contributed by atoms with Gasteiger partial charge in [-0.05, 0) is 44.5 Å². The highest BCUT2D eigenvalue weighted by atomic mass is 16.2. The van der Waals surface area contributed by atoms with Crippen molar-refractivity contribution in [2.75, 3.05) is 20.1 Å². The Morgan fingerprint density at radius 2 is 2.19 bits per heavy atom. The van der Waals surface area contributed by atoms with Crippen LogP contribution < -0.4 is 0 Å². The maximum atomic E-state index is 13.3. The Balaban J connectivity index is 1.47. The molecule has 1 atom stereocenters. The van der Waals surface area contributed by atoms with E-state index in [9.17, 15) is 4.79 Å². The number of imidazole rings is 1. The highest BCUT2D eigenvalue weighted by molar-refractivity contribution is 5.94. The first-order valence-electron chi connectivity index (χ1n) is 9.62. The lowest BCUT2D eigenvalue weighted by Gasteiger charge is -2.25. The molecule has 2 aromatic heterocycles. The van der Waals surface area contributed by atoms with Crippen molar-refractivity contribution < 1.29 is 4.79 Å². The lowest BCUT2D eigenvalue weighted by atomic mass is 10.0. The summed E-state index contributed by atoms with van der Waals surface area (Å²) in [5.41, 5.74) is 5.92. The molecule has 7 nitrogen and oxygen atoms in total. The van der Waals surface area contributed by atoms with Crippen molar-refractivity contribution in [1.82, 2.24) is 30.0 Å². The number of likely N-dealkylation sites (tertiary alicyclic amines) is 1. The van der Waals surface area contributed by atoms with Crippen LogP contribution in [0.4, 0.5) is 0 Å². The van der Waals surface area contributed by atoms with E-state index in [0.29, 0.717) is 5.69 Å². The number of carbonyl (C=O) groups is 1. The summed E-state index contributed by atoms with van der Waals surface area (Å²) in [5.74, 6) is 0.893. The molecule has 140 valence electrons. The SMILES string of the molecule is Cc1ccc2nc(C3CCCN3C(=O)c3n[nH]c4c3CN(C)CC4)[nH]c2c1. The van der Waals surface area contributed by atoms with Gasteiger partial charge in [-0.25, -0.2) is 4.98 Å². The topological polar surface area (TPSA) is 80.9 Å². The monoisotopic (exact) mass is 364 g/mol. The van der Waals surface area contributed by atoms with E-state index in [1.165, 1.54) is 5.56 Å². The number of fused-ring (bicyclic) bond motifs is 2. The Kier molecular flexibility index (Phi) is 3.79. The van der Waals surface area contributed by atoms with E-state index in [-0.39, 0.29) is 11.9 Å². The van der Waals surface area contributed by atoms with Crippen molar-refractivity contribution in [3.8, 4) is 0 Å². The average Bonchev–Trinajstić information content (AvgIpc) is 3.37. The molecule has 0 saturated carbocycles. The molecule has 0 radical (unpaired) electrons. The van der Waals surface area contributed by atoms with Gasteiger partial charge in [-0.15, -0.1) is 0 Å². The normalized spacial score (nSPS) is 20.4. The number of rotatable bonds is 2. The van der Waals surface area contributed by atoms with Crippen LogP contribution in [-0.2, 0) is 13.0 Å². The minimum atomic E-state index is -0.0149. The number of nitrogens with zero attached hydrogens (tertiary/aromatic N) is 4. The quantitative estimate of drug-likeness (QED) is 0.732. The third kappa shape index (κ3) is 2.73. The summed E-state index contributed by atoms with van der Waals surface area (Å²) in [6.45, 7) is 4.59. The summed E-state index contributed by atoms with van der Waals surface area (Å²) in [6, 6.07) is 6.19. The van der Waals surface area contributed by atoms with Crippen molar-refractivity contribution in [2.24, 2.45) is 0 Å². The van der Waals surface area contributed by atoms with Crippen LogP contribution in [-0.4, -0.2) is 56.0 Å². The van der Waals surface area contributed by atoms with Gasteiger partial charge in [0.15, 0.2) is 5.69 Å². The lowest BCUT2D eigenvalue weighted by molar-refractivity contribution is 0.0722. The first kappa shape index (κ1) is 16.5. The maximum Gasteiger partial charge on any atom is 0.275 e. The van der Waals surface area contributed by atoms with E-state index in [0.717, 1.165) is 67.0 Å². The number of H-pyrrole nitrogens is 2. The summed E-state index contributed by atoms with van der Waals surface area (Å²) in [6.07, 6.45) is 2.83. The Labute approximate surface area is 157 Å². The third-order valence-corrected chi connectivity index (χ3v) is 5.81. The van der Waals surface area contributed by atoms with Gasteiger partial charge in [0, 0.05) is 37.3 Å². The first-order valence-corrected chi connectivity index (χ1v) is 9.62. The van der Waals surface area contributed by atoms with Crippen LogP contribution in [0.15, 0.2) is 18.2 Å². The number of benzene rings is 1. The molecule has 1 unspecified atom stereocenters. The van der Waals surface area contributed by atoms with E-state index in [4.69, 9.17) is 4.98 Å². The average molecular weight is 364 g/mol. The fraction of sp³-hybridized carbons (Fsp3) is 0.450. The lowest BCUT2D eigenvalue weighted by Crippen LogP contribution is -2.33. The van der Waals surface area contributed by atoms with E-state index >= 15 is 0 Å². The largest absolute Gasteiger partial charge is 0.340 e. The van der Waals surface area contributed by atoms with Gasteiger partial charge in [0.25, 0.3) is 5.91 Å². The zero-order chi connectivity index (χ0) is 18.5. The Morgan fingerprint density at radius 1 is 1.30 bits per heavy atom. The summed E-state index contributed by atoms with van der Waals surface area (Å²) >= 11 is 0. The van der Waals surface area contributed by atoms with Gasteiger partial charge in [-0.1, -0.05) is 6.07 Å². The summed E-state index contributed by atoms with van der Waals surface area (Å²) in [4.78, 5) is 25.7. The molecule has 27 heavy (non-hydrogen) atoms. The molecule has 2 aliphatic rings. The Bertz CT molecular complexity index is 1020. The van der Waals surface area contributed by atoms with Gasteiger partial charge in [0.05, 0.1) is 17.1 Å². The number of carbonyl (C=O) groups excluding carboxylic acids is 1. The molecule has 5 rings (SSSR count). The smallest absolute Gasteiger partial charge is 0.275 e. The second-order valence-corrected chi connectivity index (χ2v) is 7.82. The summed E-state index contributed by atoms with van der Waals surface area (Å²) in [7, 11) is 2.08. The van der Waals surface area contributed by atoms with Gasteiger partial charge < -0.3 is 14.8 Å². The molecule has 7 heteroatoms. The van der Waals surface area contributed by atoms with Crippen LogP contribution >= 0.6 is 0 Å². The Morgan fingerprint density at radius 3 is 3.07 bits per heavy atom. The van der Waals surface area contributed by atoms with Gasteiger partial charge in [0.1, 0.15) is 5.82 Å². The number of amides is 1. The molecule has 0 spiro atoms. The van der Waals surface area contributed by atoms with Crippen molar-refractivity contribution >= 4 is 16.9 Å². The zero-order valence-corrected chi connectivity index (χ0v) is 15.7. The summed E-state index contributed by atoms with van der Waals surface area (Å²) in [5, 5.41) is 7.47.